The number of nitrogens with two attached hydrogens (primary N) is 1. The first-order chi connectivity index (χ1) is 9.04. The van der Waals surface area contributed by atoms with E-state index in [0.29, 0.717) is 6.54 Å². The Kier molecular flexibility index (Phi) is 4.01. The minimum Gasteiger partial charge on any atom is -0.337 e. The number of hydrogen-bond donors (Lipinski definition) is 1. The van der Waals surface area contributed by atoms with Crippen molar-refractivity contribution >= 4 is 0 Å². The average molecular weight is 262 g/mol. The Morgan fingerprint density at radius 1 is 1.42 bits per heavy atom. The zero-order valence-electron chi connectivity index (χ0n) is 12.0. The number of rotatable bonds is 5. The van der Waals surface area contributed by atoms with Crippen LogP contribution >= 0.6 is 0 Å². The van der Waals surface area contributed by atoms with Crippen LogP contribution in [0.1, 0.15) is 23.1 Å². The molecule has 0 aliphatic carbocycles. The van der Waals surface area contributed by atoms with E-state index in [2.05, 4.69) is 29.0 Å². The molecule has 0 aliphatic heterocycles. The van der Waals surface area contributed by atoms with E-state index >= 15 is 0 Å². The van der Waals surface area contributed by atoms with E-state index in [-0.39, 0.29) is 6.04 Å². The third kappa shape index (κ3) is 2.69. The Morgan fingerprint density at radius 2 is 2.16 bits per heavy atom. The van der Waals surface area contributed by atoms with Gasteiger partial charge in [-0.25, -0.2) is 4.98 Å². The molecule has 0 bridgehead atoms. The highest BCUT2D eigenvalue weighted by Gasteiger charge is 2.20. The highest BCUT2D eigenvalue weighted by molar-refractivity contribution is 5.21. The first-order valence-electron chi connectivity index (χ1n) is 6.39. The molecule has 0 fully saturated rings. The van der Waals surface area contributed by atoms with Gasteiger partial charge < -0.3 is 10.3 Å². The fourth-order valence-electron chi connectivity index (χ4n) is 2.27. The van der Waals surface area contributed by atoms with Crippen LogP contribution in [0.15, 0.2) is 18.6 Å². The minimum absolute atomic E-state index is 0.158. The fourth-order valence-corrected chi connectivity index (χ4v) is 2.27. The molecular weight excluding hydrogens is 240 g/mol. The monoisotopic (exact) mass is 262 g/mol. The topological polar surface area (TPSA) is 64.9 Å². The molecule has 0 spiro atoms. The van der Waals surface area contributed by atoms with E-state index in [1.54, 1.807) is 0 Å². The van der Waals surface area contributed by atoms with Gasteiger partial charge in [0.15, 0.2) is 0 Å². The van der Waals surface area contributed by atoms with E-state index in [4.69, 9.17) is 5.73 Å². The number of aryl methyl sites for hydroxylation is 2. The van der Waals surface area contributed by atoms with Crippen LogP contribution in [0.2, 0.25) is 0 Å². The van der Waals surface area contributed by atoms with Crippen molar-refractivity contribution in [3.05, 3.63) is 35.7 Å². The second kappa shape index (κ2) is 5.54. The van der Waals surface area contributed by atoms with Crippen molar-refractivity contribution in [2.75, 3.05) is 13.6 Å². The van der Waals surface area contributed by atoms with Crippen molar-refractivity contribution in [1.82, 2.24) is 24.2 Å². The largest absolute Gasteiger partial charge is 0.337 e. The molecule has 0 aromatic carbocycles. The van der Waals surface area contributed by atoms with Crippen LogP contribution in [0.3, 0.4) is 0 Å². The number of nitrogens with zero attached hydrogens (tertiary/aromatic N) is 5. The maximum Gasteiger partial charge on any atom is 0.122 e. The average Bonchev–Trinajstić information content (AvgIpc) is 2.91. The normalized spacial score (nSPS) is 13.2. The number of hydrogen-bond acceptors (Lipinski definition) is 4. The Labute approximate surface area is 113 Å². The Bertz CT molecular complexity index is 541. The van der Waals surface area contributed by atoms with E-state index in [0.717, 1.165) is 18.1 Å². The maximum absolute atomic E-state index is 5.94. The molecule has 104 valence electrons. The van der Waals surface area contributed by atoms with Crippen molar-refractivity contribution in [3.8, 4) is 0 Å². The quantitative estimate of drug-likeness (QED) is 0.856. The van der Waals surface area contributed by atoms with Crippen molar-refractivity contribution in [3.63, 3.8) is 0 Å². The van der Waals surface area contributed by atoms with E-state index in [9.17, 15) is 0 Å². The van der Waals surface area contributed by atoms with Gasteiger partial charge in [-0.05, 0) is 14.0 Å². The van der Waals surface area contributed by atoms with Gasteiger partial charge in [0.25, 0.3) is 0 Å². The van der Waals surface area contributed by atoms with Crippen molar-refractivity contribution in [2.24, 2.45) is 19.8 Å². The van der Waals surface area contributed by atoms with Crippen LogP contribution in [0.4, 0.5) is 0 Å². The maximum atomic E-state index is 5.94. The van der Waals surface area contributed by atoms with Crippen LogP contribution < -0.4 is 5.73 Å². The highest BCUT2D eigenvalue weighted by Crippen LogP contribution is 2.22. The van der Waals surface area contributed by atoms with Crippen LogP contribution in [-0.4, -0.2) is 37.8 Å². The molecule has 2 aromatic rings. The van der Waals surface area contributed by atoms with Gasteiger partial charge in [0.1, 0.15) is 5.82 Å². The van der Waals surface area contributed by atoms with Crippen LogP contribution in [-0.2, 0) is 20.6 Å². The molecular formula is C13H22N6. The van der Waals surface area contributed by atoms with Gasteiger partial charge in [0, 0.05) is 44.3 Å². The molecule has 0 aliphatic rings. The van der Waals surface area contributed by atoms with Gasteiger partial charge >= 0.3 is 0 Å². The molecule has 2 heterocycles. The summed E-state index contributed by atoms with van der Waals surface area (Å²) < 4.78 is 3.91. The van der Waals surface area contributed by atoms with Crippen LogP contribution in [0, 0.1) is 6.92 Å². The van der Waals surface area contributed by atoms with Crippen molar-refractivity contribution < 1.29 is 0 Å². The summed E-state index contributed by atoms with van der Waals surface area (Å²) in [6, 6.07) is 0.158. The Hall–Kier alpha value is -1.66. The lowest BCUT2D eigenvalue weighted by molar-refractivity contribution is 0.233. The van der Waals surface area contributed by atoms with Gasteiger partial charge in [-0.1, -0.05) is 0 Å². The van der Waals surface area contributed by atoms with Crippen molar-refractivity contribution in [1.29, 1.82) is 0 Å². The highest BCUT2D eigenvalue weighted by atomic mass is 15.3. The number of imidazole rings is 1. The van der Waals surface area contributed by atoms with Gasteiger partial charge in [-0.3, -0.25) is 9.58 Å². The van der Waals surface area contributed by atoms with Crippen LogP contribution in [0.25, 0.3) is 0 Å². The third-order valence-electron chi connectivity index (χ3n) is 3.70. The molecule has 1 unspecified atom stereocenters. The van der Waals surface area contributed by atoms with Crippen molar-refractivity contribution in [2.45, 2.75) is 19.5 Å². The lowest BCUT2D eigenvalue weighted by Gasteiger charge is -2.26. The molecule has 0 saturated carbocycles. The first kappa shape index (κ1) is 13.8. The summed E-state index contributed by atoms with van der Waals surface area (Å²) in [7, 11) is 6.02. The molecule has 6 heteroatoms. The molecule has 0 radical (unpaired) electrons. The second-order valence-electron chi connectivity index (χ2n) is 4.93. The summed E-state index contributed by atoms with van der Waals surface area (Å²) >= 11 is 0. The summed E-state index contributed by atoms with van der Waals surface area (Å²) in [4.78, 5) is 6.57. The molecule has 0 saturated heterocycles. The van der Waals surface area contributed by atoms with E-state index < -0.39 is 0 Å². The summed E-state index contributed by atoms with van der Waals surface area (Å²) in [6.07, 6.45) is 5.67. The zero-order valence-corrected chi connectivity index (χ0v) is 12.0. The first-order valence-corrected chi connectivity index (χ1v) is 6.39. The minimum atomic E-state index is 0.158. The van der Waals surface area contributed by atoms with Gasteiger partial charge in [-0.15, -0.1) is 0 Å². The summed E-state index contributed by atoms with van der Waals surface area (Å²) in [6.45, 7) is 3.40. The Balaban J connectivity index is 2.18. The lowest BCUT2D eigenvalue weighted by atomic mass is 10.1. The fraction of sp³-hybridized carbons (Fsp3) is 0.538. The molecule has 2 rings (SSSR count). The summed E-state index contributed by atoms with van der Waals surface area (Å²) in [5, 5.41) is 4.30. The molecule has 2 aromatic heterocycles. The zero-order chi connectivity index (χ0) is 14.0. The molecule has 6 nitrogen and oxygen atoms in total. The standard InChI is InChI=1S/C13H22N6/c1-10-11(8-16-19(10)4)12(7-14)18(3)9-13-15-5-6-17(13)2/h5-6,8,12H,7,9,14H2,1-4H3. The van der Waals surface area contributed by atoms with Crippen LogP contribution in [0.5, 0.6) is 0 Å². The van der Waals surface area contributed by atoms with Gasteiger partial charge in [-0.2, -0.15) is 5.10 Å². The lowest BCUT2D eigenvalue weighted by Crippen LogP contribution is -2.31. The Morgan fingerprint density at radius 3 is 2.63 bits per heavy atom. The predicted molar refractivity (Wildman–Crippen MR) is 74.4 cm³/mol. The summed E-state index contributed by atoms with van der Waals surface area (Å²) in [5.74, 6) is 1.03. The van der Waals surface area contributed by atoms with Gasteiger partial charge in [0.05, 0.1) is 18.8 Å². The molecule has 1 atom stereocenters. The number of aromatic nitrogens is 4. The molecule has 0 amide bonds. The number of likely N-dealkylation sites (N-methyl/N-ethyl adjacent to an activating group) is 1. The summed E-state index contributed by atoms with van der Waals surface area (Å²) in [5.41, 5.74) is 8.28. The third-order valence-corrected chi connectivity index (χ3v) is 3.70. The predicted octanol–water partition coefficient (Wildman–Crippen LogP) is 0.594. The van der Waals surface area contributed by atoms with Gasteiger partial charge in [0.2, 0.25) is 0 Å². The SMILES string of the molecule is Cc1c(C(CN)N(C)Cc2nccn2C)cnn1C. The molecule has 2 N–H and O–H groups in total. The van der Waals surface area contributed by atoms with E-state index in [1.807, 2.05) is 41.9 Å². The second-order valence-corrected chi connectivity index (χ2v) is 4.93. The molecule has 19 heavy (non-hydrogen) atoms. The smallest absolute Gasteiger partial charge is 0.122 e. The van der Waals surface area contributed by atoms with E-state index in [1.165, 1.54) is 5.56 Å².